The molecular formula is C10H10N2S. The number of hydrogen-bond donors (Lipinski definition) is 1. The maximum absolute atomic E-state index is 5.55. The van der Waals surface area contributed by atoms with E-state index < -0.39 is 0 Å². The van der Waals surface area contributed by atoms with Gasteiger partial charge in [0.2, 0.25) is 0 Å². The minimum atomic E-state index is 0.581. The first-order valence-electron chi connectivity index (χ1n) is 4.08. The quantitative estimate of drug-likeness (QED) is 0.789. The van der Waals surface area contributed by atoms with E-state index in [2.05, 4.69) is 11.1 Å². The second-order valence-corrected chi connectivity index (χ2v) is 3.50. The first-order chi connectivity index (χ1) is 6.40. The Hall–Kier alpha value is -1.19. The van der Waals surface area contributed by atoms with Crippen LogP contribution in [-0.2, 0) is 6.54 Å². The van der Waals surface area contributed by atoms with Crippen LogP contribution in [0, 0.1) is 0 Å². The van der Waals surface area contributed by atoms with Crippen molar-refractivity contribution < 1.29 is 0 Å². The molecule has 0 saturated carbocycles. The van der Waals surface area contributed by atoms with Gasteiger partial charge in [0.1, 0.15) is 0 Å². The highest BCUT2D eigenvalue weighted by Crippen LogP contribution is 2.19. The van der Waals surface area contributed by atoms with Crippen molar-refractivity contribution in [1.82, 2.24) is 4.98 Å². The van der Waals surface area contributed by atoms with Gasteiger partial charge in [0.15, 0.2) is 0 Å². The van der Waals surface area contributed by atoms with Crippen molar-refractivity contribution in [1.29, 1.82) is 0 Å². The zero-order valence-corrected chi connectivity index (χ0v) is 7.92. The summed E-state index contributed by atoms with van der Waals surface area (Å²) in [6.07, 6.45) is 0. The number of rotatable bonds is 2. The average molecular weight is 190 g/mol. The molecule has 0 radical (unpaired) electrons. The second-order valence-electron chi connectivity index (χ2n) is 2.78. The third-order valence-electron chi connectivity index (χ3n) is 1.89. The molecule has 1 aromatic heterocycles. The van der Waals surface area contributed by atoms with Gasteiger partial charge in [-0.1, -0.05) is 18.2 Å². The Morgan fingerprint density at radius 2 is 2.31 bits per heavy atom. The fourth-order valence-electron chi connectivity index (χ4n) is 1.21. The van der Waals surface area contributed by atoms with Gasteiger partial charge in [0.05, 0.1) is 11.2 Å². The topological polar surface area (TPSA) is 38.9 Å². The molecule has 0 aliphatic rings. The summed E-state index contributed by atoms with van der Waals surface area (Å²) in [6, 6.07) is 8.16. The first-order valence-corrected chi connectivity index (χ1v) is 5.02. The van der Waals surface area contributed by atoms with E-state index in [-0.39, 0.29) is 0 Å². The maximum atomic E-state index is 5.55. The van der Waals surface area contributed by atoms with Crippen molar-refractivity contribution >= 4 is 11.3 Å². The molecule has 1 aromatic carbocycles. The van der Waals surface area contributed by atoms with Crippen molar-refractivity contribution in [2.24, 2.45) is 5.73 Å². The normalized spacial score (nSPS) is 10.2. The van der Waals surface area contributed by atoms with Gasteiger partial charge < -0.3 is 5.73 Å². The lowest BCUT2D eigenvalue weighted by Crippen LogP contribution is -1.95. The van der Waals surface area contributed by atoms with E-state index in [0.29, 0.717) is 6.54 Å². The highest BCUT2D eigenvalue weighted by Gasteiger charge is 1.99. The minimum Gasteiger partial charge on any atom is -0.326 e. The molecule has 0 aliphatic heterocycles. The molecule has 0 spiro atoms. The molecule has 0 fully saturated rings. The molecule has 2 aromatic rings. The summed E-state index contributed by atoms with van der Waals surface area (Å²) in [5.74, 6) is 0. The third kappa shape index (κ3) is 1.76. The Morgan fingerprint density at radius 3 is 3.00 bits per heavy atom. The van der Waals surface area contributed by atoms with E-state index >= 15 is 0 Å². The molecule has 13 heavy (non-hydrogen) atoms. The van der Waals surface area contributed by atoms with Crippen molar-refractivity contribution in [3.63, 3.8) is 0 Å². The van der Waals surface area contributed by atoms with Crippen LogP contribution >= 0.6 is 11.3 Å². The summed E-state index contributed by atoms with van der Waals surface area (Å²) in [5.41, 5.74) is 10.7. The van der Waals surface area contributed by atoms with Crippen molar-refractivity contribution in [3.05, 3.63) is 40.7 Å². The molecule has 2 rings (SSSR count). The fourth-order valence-corrected chi connectivity index (χ4v) is 1.77. The molecule has 0 aliphatic carbocycles. The lowest BCUT2D eigenvalue weighted by molar-refractivity contribution is 1.07. The zero-order chi connectivity index (χ0) is 9.10. The number of benzene rings is 1. The zero-order valence-electron chi connectivity index (χ0n) is 7.10. The van der Waals surface area contributed by atoms with Crippen molar-refractivity contribution in [3.8, 4) is 11.3 Å². The van der Waals surface area contributed by atoms with E-state index in [1.54, 1.807) is 11.3 Å². The molecule has 0 amide bonds. The highest BCUT2D eigenvalue weighted by atomic mass is 32.1. The van der Waals surface area contributed by atoms with Gasteiger partial charge in [-0.05, 0) is 11.6 Å². The van der Waals surface area contributed by atoms with Gasteiger partial charge in [-0.25, -0.2) is 4.98 Å². The average Bonchev–Trinajstić information content (AvgIpc) is 2.71. The third-order valence-corrected chi connectivity index (χ3v) is 2.48. The van der Waals surface area contributed by atoms with Gasteiger partial charge in [-0.3, -0.25) is 0 Å². The van der Waals surface area contributed by atoms with Crippen LogP contribution in [0.5, 0.6) is 0 Å². The number of thiazole rings is 1. The SMILES string of the molecule is NCc1cccc(-c2cscn2)c1. The van der Waals surface area contributed by atoms with Crippen LogP contribution in [0.25, 0.3) is 11.3 Å². The molecule has 0 bridgehead atoms. The molecule has 0 unspecified atom stereocenters. The largest absolute Gasteiger partial charge is 0.326 e. The smallest absolute Gasteiger partial charge is 0.0811 e. The second kappa shape index (κ2) is 3.68. The number of nitrogens with two attached hydrogens (primary N) is 1. The van der Waals surface area contributed by atoms with Gasteiger partial charge >= 0.3 is 0 Å². The summed E-state index contributed by atoms with van der Waals surface area (Å²) in [7, 11) is 0. The summed E-state index contributed by atoms with van der Waals surface area (Å²) in [4.78, 5) is 4.24. The molecular weight excluding hydrogens is 180 g/mol. The monoisotopic (exact) mass is 190 g/mol. The van der Waals surface area contributed by atoms with E-state index in [1.807, 2.05) is 29.1 Å². The fraction of sp³-hybridized carbons (Fsp3) is 0.100. The Balaban J connectivity index is 2.41. The van der Waals surface area contributed by atoms with E-state index in [1.165, 1.54) is 0 Å². The van der Waals surface area contributed by atoms with Crippen LogP contribution in [0.15, 0.2) is 35.2 Å². The van der Waals surface area contributed by atoms with E-state index in [9.17, 15) is 0 Å². The molecule has 3 heteroatoms. The van der Waals surface area contributed by atoms with E-state index in [4.69, 9.17) is 5.73 Å². The predicted molar refractivity (Wildman–Crippen MR) is 55.4 cm³/mol. The first kappa shape index (κ1) is 8.41. The van der Waals surface area contributed by atoms with Crippen LogP contribution in [0.4, 0.5) is 0 Å². The van der Waals surface area contributed by atoms with Gasteiger partial charge in [-0.15, -0.1) is 11.3 Å². The molecule has 0 atom stereocenters. The Kier molecular flexibility index (Phi) is 2.38. The summed E-state index contributed by atoms with van der Waals surface area (Å²) < 4.78 is 0. The van der Waals surface area contributed by atoms with Gasteiger partial charge in [0, 0.05) is 17.5 Å². The van der Waals surface area contributed by atoms with Crippen LogP contribution in [0.1, 0.15) is 5.56 Å². The molecule has 0 saturated heterocycles. The number of aromatic nitrogens is 1. The van der Waals surface area contributed by atoms with Crippen LogP contribution in [0.3, 0.4) is 0 Å². The Bertz CT molecular complexity index is 382. The van der Waals surface area contributed by atoms with Crippen LogP contribution in [-0.4, -0.2) is 4.98 Å². The summed E-state index contributed by atoms with van der Waals surface area (Å²) in [6.45, 7) is 0.581. The minimum absolute atomic E-state index is 0.581. The number of nitrogens with zero attached hydrogens (tertiary/aromatic N) is 1. The summed E-state index contributed by atoms with van der Waals surface area (Å²) in [5, 5.41) is 2.04. The van der Waals surface area contributed by atoms with Crippen molar-refractivity contribution in [2.75, 3.05) is 0 Å². The molecule has 1 heterocycles. The van der Waals surface area contributed by atoms with Gasteiger partial charge in [-0.2, -0.15) is 0 Å². The van der Waals surface area contributed by atoms with Crippen molar-refractivity contribution in [2.45, 2.75) is 6.54 Å². The maximum Gasteiger partial charge on any atom is 0.0811 e. The van der Waals surface area contributed by atoms with Gasteiger partial charge in [0.25, 0.3) is 0 Å². The predicted octanol–water partition coefficient (Wildman–Crippen LogP) is 2.27. The number of hydrogen-bond acceptors (Lipinski definition) is 3. The van der Waals surface area contributed by atoms with E-state index in [0.717, 1.165) is 16.8 Å². The standard InChI is InChI=1S/C10H10N2S/c11-5-8-2-1-3-9(4-8)10-6-13-7-12-10/h1-4,6-7H,5,11H2. The van der Waals surface area contributed by atoms with Crippen LogP contribution in [0.2, 0.25) is 0 Å². The highest BCUT2D eigenvalue weighted by molar-refractivity contribution is 7.07. The Labute approximate surface area is 81.1 Å². The lowest BCUT2D eigenvalue weighted by atomic mass is 10.1. The molecule has 2 N–H and O–H groups in total. The molecule has 2 nitrogen and oxygen atoms in total. The lowest BCUT2D eigenvalue weighted by Gasteiger charge is -1.99. The van der Waals surface area contributed by atoms with Crippen LogP contribution < -0.4 is 5.73 Å². The molecule has 66 valence electrons. The Morgan fingerprint density at radius 1 is 1.38 bits per heavy atom. The summed E-state index contributed by atoms with van der Waals surface area (Å²) >= 11 is 1.61.